The lowest BCUT2D eigenvalue weighted by Crippen LogP contribution is -2.24. The molecule has 1 amide bonds. The molecule has 1 N–H and O–H groups in total. The van der Waals surface area contributed by atoms with Crippen molar-refractivity contribution in [1.29, 1.82) is 0 Å². The minimum atomic E-state index is -4.53. The van der Waals surface area contributed by atoms with Gasteiger partial charge in [-0.25, -0.2) is 4.39 Å². The van der Waals surface area contributed by atoms with Gasteiger partial charge in [-0.2, -0.15) is 13.2 Å². The zero-order valence-corrected chi connectivity index (χ0v) is 19.7. The molecule has 0 bridgehead atoms. The van der Waals surface area contributed by atoms with Crippen molar-refractivity contribution in [2.75, 3.05) is 7.11 Å². The van der Waals surface area contributed by atoms with Gasteiger partial charge in [0, 0.05) is 11.3 Å². The maximum Gasteiger partial charge on any atom is 0.416 e. The molecule has 1 heterocycles. The van der Waals surface area contributed by atoms with Gasteiger partial charge in [-0.15, -0.1) is 10.2 Å². The van der Waals surface area contributed by atoms with Gasteiger partial charge in [-0.1, -0.05) is 30.0 Å². The van der Waals surface area contributed by atoms with Gasteiger partial charge >= 0.3 is 6.18 Å². The number of hydrogen-bond donors (Lipinski definition) is 1. The van der Waals surface area contributed by atoms with Crippen LogP contribution in [0.3, 0.4) is 0 Å². The van der Waals surface area contributed by atoms with E-state index in [1.807, 2.05) is 0 Å². The van der Waals surface area contributed by atoms with Gasteiger partial charge in [0.1, 0.15) is 11.6 Å². The highest BCUT2D eigenvalue weighted by Gasteiger charge is 2.31. The molecule has 0 spiro atoms. The Balaban J connectivity index is 1.61. The topological polar surface area (TPSA) is 69.0 Å². The number of nitrogens with one attached hydrogen (secondary N) is 1. The third kappa shape index (κ3) is 6.03. The molecule has 6 nitrogen and oxygen atoms in total. The van der Waals surface area contributed by atoms with E-state index in [1.165, 1.54) is 47.7 Å². The molecule has 0 fully saturated rings. The standard InChI is InChI=1S/C25H20F4N4O2S/c1-35-21-11-7-17(8-12-21)23(34)30-14-22-31-32-24(36-15-16-5-9-19(26)10-6-16)33(22)20-4-2-3-18(13-20)25(27,28)29/h2-13H,14-15H2,1H3,(H,30,34). The molecule has 0 atom stereocenters. The number of amides is 1. The van der Waals surface area contributed by atoms with Gasteiger partial charge < -0.3 is 10.1 Å². The first kappa shape index (κ1) is 25.2. The van der Waals surface area contributed by atoms with Crippen LogP contribution in [-0.2, 0) is 18.5 Å². The lowest BCUT2D eigenvalue weighted by atomic mass is 10.2. The van der Waals surface area contributed by atoms with Crippen molar-refractivity contribution in [2.45, 2.75) is 23.6 Å². The van der Waals surface area contributed by atoms with Crippen LogP contribution in [0.4, 0.5) is 17.6 Å². The van der Waals surface area contributed by atoms with Crippen LogP contribution < -0.4 is 10.1 Å². The number of aromatic nitrogens is 3. The average Bonchev–Trinajstić information content (AvgIpc) is 3.29. The van der Waals surface area contributed by atoms with Crippen LogP contribution in [0, 0.1) is 5.82 Å². The molecule has 186 valence electrons. The summed E-state index contributed by atoms with van der Waals surface area (Å²) in [5, 5.41) is 11.3. The van der Waals surface area contributed by atoms with Crippen LogP contribution in [0.2, 0.25) is 0 Å². The van der Waals surface area contributed by atoms with Crippen molar-refractivity contribution in [2.24, 2.45) is 0 Å². The molecule has 0 radical (unpaired) electrons. The maximum atomic E-state index is 13.4. The summed E-state index contributed by atoms with van der Waals surface area (Å²) in [5.74, 6) is 0.467. The minimum absolute atomic E-state index is 0.0782. The highest BCUT2D eigenvalue weighted by Crippen LogP contribution is 2.32. The lowest BCUT2D eigenvalue weighted by Gasteiger charge is -2.13. The zero-order chi connectivity index (χ0) is 25.7. The van der Waals surface area contributed by atoms with E-state index in [1.54, 1.807) is 36.4 Å². The minimum Gasteiger partial charge on any atom is -0.497 e. The Hall–Kier alpha value is -3.86. The van der Waals surface area contributed by atoms with E-state index in [9.17, 15) is 22.4 Å². The predicted molar refractivity (Wildman–Crippen MR) is 126 cm³/mol. The fourth-order valence-electron chi connectivity index (χ4n) is 3.32. The Morgan fingerprint density at radius 1 is 1.03 bits per heavy atom. The Labute approximate surface area is 208 Å². The first-order valence-electron chi connectivity index (χ1n) is 10.7. The van der Waals surface area contributed by atoms with E-state index in [0.717, 1.165) is 17.7 Å². The van der Waals surface area contributed by atoms with Crippen molar-refractivity contribution in [3.63, 3.8) is 0 Å². The van der Waals surface area contributed by atoms with Crippen molar-refractivity contribution in [3.8, 4) is 11.4 Å². The Morgan fingerprint density at radius 3 is 2.42 bits per heavy atom. The fraction of sp³-hybridized carbons (Fsp3) is 0.160. The number of rotatable bonds is 8. The second-order valence-electron chi connectivity index (χ2n) is 7.61. The lowest BCUT2D eigenvalue weighted by molar-refractivity contribution is -0.137. The van der Waals surface area contributed by atoms with E-state index >= 15 is 0 Å². The van der Waals surface area contributed by atoms with E-state index in [-0.39, 0.29) is 23.9 Å². The molecule has 4 rings (SSSR count). The van der Waals surface area contributed by atoms with Gasteiger partial charge in [-0.3, -0.25) is 9.36 Å². The molecule has 0 saturated carbocycles. The summed E-state index contributed by atoms with van der Waals surface area (Å²) in [6.07, 6.45) is -4.53. The quantitative estimate of drug-likeness (QED) is 0.242. The number of carbonyl (C=O) groups is 1. The number of hydrogen-bond acceptors (Lipinski definition) is 5. The number of nitrogens with zero attached hydrogens (tertiary/aromatic N) is 3. The number of thioether (sulfide) groups is 1. The number of benzene rings is 3. The van der Waals surface area contributed by atoms with Crippen LogP contribution in [0.5, 0.6) is 5.75 Å². The van der Waals surface area contributed by atoms with Crippen molar-refractivity contribution >= 4 is 17.7 Å². The fourth-order valence-corrected chi connectivity index (χ4v) is 4.25. The molecule has 0 aliphatic heterocycles. The third-order valence-corrected chi connectivity index (χ3v) is 6.17. The summed E-state index contributed by atoms with van der Waals surface area (Å²) in [5.41, 5.74) is 0.558. The molecule has 4 aromatic rings. The Bertz CT molecular complexity index is 1340. The highest BCUT2D eigenvalue weighted by molar-refractivity contribution is 7.98. The molecule has 11 heteroatoms. The summed E-state index contributed by atoms with van der Waals surface area (Å²) in [6.45, 7) is -0.0782. The van der Waals surface area contributed by atoms with Gasteiger partial charge in [0.25, 0.3) is 5.91 Å². The van der Waals surface area contributed by atoms with Crippen LogP contribution in [-0.4, -0.2) is 27.8 Å². The maximum absolute atomic E-state index is 13.4. The predicted octanol–water partition coefficient (Wildman–Crippen LogP) is 5.66. The first-order chi connectivity index (χ1) is 17.2. The van der Waals surface area contributed by atoms with Crippen LogP contribution in [0.1, 0.15) is 27.3 Å². The number of halogens is 4. The number of methoxy groups -OCH3 is 1. The van der Waals surface area contributed by atoms with E-state index < -0.39 is 17.6 Å². The molecular formula is C25H20F4N4O2S. The molecule has 1 aromatic heterocycles. The molecule has 3 aromatic carbocycles. The molecule has 0 saturated heterocycles. The average molecular weight is 517 g/mol. The largest absolute Gasteiger partial charge is 0.497 e. The highest BCUT2D eigenvalue weighted by atomic mass is 32.2. The third-order valence-electron chi connectivity index (χ3n) is 5.17. The van der Waals surface area contributed by atoms with E-state index in [2.05, 4.69) is 15.5 Å². The number of carbonyl (C=O) groups excluding carboxylic acids is 1. The molecule has 0 aliphatic rings. The smallest absolute Gasteiger partial charge is 0.416 e. The summed E-state index contributed by atoms with van der Waals surface area (Å²) in [4.78, 5) is 12.6. The molecule has 36 heavy (non-hydrogen) atoms. The van der Waals surface area contributed by atoms with Crippen molar-refractivity contribution in [1.82, 2.24) is 20.1 Å². The molecular weight excluding hydrogens is 496 g/mol. The number of alkyl halides is 3. The summed E-state index contributed by atoms with van der Waals surface area (Å²) < 4.78 is 59.9. The second kappa shape index (κ2) is 10.8. The Kier molecular flexibility index (Phi) is 7.58. The summed E-state index contributed by atoms with van der Waals surface area (Å²) in [7, 11) is 1.52. The first-order valence-corrected chi connectivity index (χ1v) is 11.6. The zero-order valence-electron chi connectivity index (χ0n) is 18.9. The summed E-state index contributed by atoms with van der Waals surface area (Å²) >= 11 is 1.23. The normalized spacial score (nSPS) is 11.4. The number of ether oxygens (including phenoxy) is 1. The van der Waals surface area contributed by atoms with Crippen molar-refractivity contribution < 1.29 is 27.1 Å². The van der Waals surface area contributed by atoms with Gasteiger partial charge in [0.15, 0.2) is 11.0 Å². The van der Waals surface area contributed by atoms with Crippen molar-refractivity contribution in [3.05, 3.63) is 101 Å². The Morgan fingerprint density at radius 2 is 1.75 bits per heavy atom. The monoisotopic (exact) mass is 516 g/mol. The molecule has 0 aliphatic carbocycles. The van der Waals surface area contributed by atoms with Crippen LogP contribution >= 0.6 is 11.8 Å². The second-order valence-corrected chi connectivity index (χ2v) is 8.55. The van der Waals surface area contributed by atoms with Gasteiger partial charge in [0.05, 0.1) is 24.9 Å². The van der Waals surface area contributed by atoms with Crippen LogP contribution in [0.25, 0.3) is 5.69 Å². The van der Waals surface area contributed by atoms with Gasteiger partial charge in [0.2, 0.25) is 0 Å². The van der Waals surface area contributed by atoms with E-state index in [4.69, 9.17) is 4.74 Å². The summed E-state index contributed by atoms with van der Waals surface area (Å²) in [6, 6.07) is 17.1. The molecule has 0 unspecified atom stereocenters. The van der Waals surface area contributed by atoms with Gasteiger partial charge in [-0.05, 0) is 60.2 Å². The SMILES string of the molecule is COc1ccc(C(=O)NCc2nnc(SCc3ccc(F)cc3)n2-c2cccc(C(F)(F)F)c2)cc1. The van der Waals surface area contributed by atoms with E-state index in [0.29, 0.717) is 22.2 Å². The van der Waals surface area contributed by atoms with Crippen LogP contribution in [0.15, 0.2) is 78.0 Å².